The van der Waals surface area contributed by atoms with Crippen molar-refractivity contribution in [3.05, 3.63) is 23.8 Å². The summed E-state index contributed by atoms with van der Waals surface area (Å²) in [5.74, 6) is -2.39. The van der Waals surface area contributed by atoms with Gasteiger partial charge >= 0.3 is 11.9 Å². The molecular weight excluding hydrogens is 188 g/mol. The molecular formula is C9H8O5. The highest BCUT2D eigenvalue weighted by atomic mass is 16.6. The van der Waals surface area contributed by atoms with Crippen molar-refractivity contribution in [2.75, 3.05) is 0 Å². The summed E-state index contributed by atoms with van der Waals surface area (Å²) >= 11 is 0. The van der Waals surface area contributed by atoms with Crippen molar-refractivity contribution in [3.63, 3.8) is 0 Å². The van der Waals surface area contributed by atoms with Crippen molar-refractivity contribution in [3.8, 4) is 11.5 Å². The highest BCUT2D eigenvalue weighted by Gasteiger charge is 2.11. The van der Waals surface area contributed by atoms with Gasteiger partial charge in [-0.2, -0.15) is 0 Å². The number of hydrogen-bond donors (Lipinski definition) is 2. The second-order valence-corrected chi connectivity index (χ2v) is 2.58. The van der Waals surface area contributed by atoms with Crippen molar-refractivity contribution < 1.29 is 24.5 Å². The zero-order valence-corrected chi connectivity index (χ0v) is 7.35. The number of hydrogen-bond acceptors (Lipinski definition) is 5. The minimum absolute atomic E-state index is 0.00417. The van der Waals surface area contributed by atoms with Crippen LogP contribution in [-0.2, 0) is 9.53 Å². The van der Waals surface area contributed by atoms with E-state index in [-0.39, 0.29) is 11.3 Å². The quantitative estimate of drug-likeness (QED) is 0.394. The molecule has 0 bridgehead atoms. The van der Waals surface area contributed by atoms with Crippen LogP contribution in [0, 0.1) is 0 Å². The number of aromatic hydroxyl groups is 2. The fourth-order valence-corrected chi connectivity index (χ4v) is 0.840. The van der Waals surface area contributed by atoms with Gasteiger partial charge in [-0.25, -0.2) is 4.79 Å². The van der Waals surface area contributed by atoms with Crippen LogP contribution in [0.15, 0.2) is 18.2 Å². The highest BCUT2D eigenvalue weighted by molar-refractivity contribution is 5.96. The van der Waals surface area contributed by atoms with Gasteiger partial charge in [-0.3, -0.25) is 4.79 Å². The summed E-state index contributed by atoms with van der Waals surface area (Å²) in [4.78, 5) is 21.5. The number of rotatable bonds is 1. The Hall–Kier alpha value is -2.04. The lowest BCUT2D eigenvalue weighted by Gasteiger charge is -2.01. The van der Waals surface area contributed by atoms with Gasteiger partial charge in [-0.15, -0.1) is 0 Å². The van der Waals surface area contributed by atoms with Crippen molar-refractivity contribution in [1.29, 1.82) is 0 Å². The Morgan fingerprint density at radius 3 is 2.36 bits per heavy atom. The normalized spacial score (nSPS) is 9.50. The van der Waals surface area contributed by atoms with Crippen LogP contribution in [0.25, 0.3) is 0 Å². The largest absolute Gasteiger partial charge is 0.504 e. The summed E-state index contributed by atoms with van der Waals surface area (Å²) < 4.78 is 4.26. The van der Waals surface area contributed by atoms with Crippen LogP contribution in [0.5, 0.6) is 11.5 Å². The van der Waals surface area contributed by atoms with Crippen LogP contribution in [0.1, 0.15) is 17.3 Å². The summed E-state index contributed by atoms with van der Waals surface area (Å²) in [6, 6.07) is 3.38. The fourth-order valence-electron chi connectivity index (χ4n) is 0.840. The Bertz CT molecular complexity index is 383. The molecule has 0 aromatic heterocycles. The first-order valence-electron chi connectivity index (χ1n) is 3.75. The lowest BCUT2D eigenvalue weighted by Crippen LogP contribution is -2.08. The van der Waals surface area contributed by atoms with Gasteiger partial charge in [0.05, 0.1) is 5.56 Å². The Morgan fingerprint density at radius 1 is 1.21 bits per heavy atom. The molecule has 1 aromatic carbocycles. The molecule has 1 rings (SSSR count). The summed E-state index contributed by atoms with van der Waals surface area (Å²) in [6.45, 7) is 1.10. The summed E-state index contributed by atoms with van der Waals surface area (Å²) in [7, 11) is 0. The zero-order chi connectivity index (χ0) is 10.7. The van der Waals surface area contributed by atoms with Crippen LogP contribution in [0.4, 0.5) is 0 Å². The van der Waals surface area contributed by atoms with Crippen molar-refractivity contribution in [2.45, 2.75) is 6.92 Å². The maximum absolute atomic E-state index is 11.1. The van der Waals surface area contributed by atoms with Crippen LogP contribution < -0.4 is 0 Å². The Balaban J connectivity index is 2.91. The summed E-state index contributed by atoms with van der Waals surface area (Å²) in [5, 5.41) is 18.0. The molecule has 0 amide bonds. The average molecular weight is 196 g/mol. The van der Waals surface area contributed by atoms with Crippen molar-refractivity contribution >= 4 is 11.9 Å². The van der Waals surface area contributed by atoms with Crippen LogP contribution in [-0.4, -0.2) is 22.2 Å². The molecule has 2 N–H and O–H groups in total. The predicted octanol–water partition coefficient (Wildman–Crippen LogP) is 0.801. The molecule has 74 valence electrons. The lowest BCUT2D eigenvalue weighted by molar-refractivity contribution is -0.135. The highest BCUT2D eigenvalue weighted by Crippen LogP contribution is 2.25. The second-order valence-electron chi connectivity index (χ2n) is 2.58. The van der Waals surface area contributed by atoms with E-state index < -0.39 is 17.7 Å². The molecule has 0 radical (unpaired) electrons. The molecule has 5 nitrogen and oxygen atoms in total. The van der Waals surface area contributed by atoms with Gasteiger partial charge in [-0.1, -0.05) is 0 Å². The van der Waals surface area contributed by atoms with Gasteiger partial charge in [0.2, 0.25) is 0 Å². The van der Waals surface area contributed by atoms with Gasteiger partial charge < -0.3 is 14.9 Å². The second kappa shape index (κ2) is 3.78. The van der Waals surface area contributed by atoms with E-state index >= 15 is 0 Å². The molecule has 14 heavy (non-hydrogen) atoms. The monoisotopic (exact) mass is 196 g/mol. The molecule has 0 saturated heterocycles. The Labute approximate surface area is 79.6 Å². The lowest BCUT2D eigenvalue weighted by atomic mass is 10.2. The van der Waals surface area contributed by atoms with Gasteiger partial charge in [0.15, 0.2) is 11.5 Å². The van der Waals surface area contributed by atoms with E-state index in [9.17, 15) is 9.59 Å². The molecule has 0 spiro atoms. The molecule has 0 fully saturated rings. The third-order valence-electron chi connectivity index (χ3n) is 1.45. The molecule has 0 aliphatic carbocycles. The van der Waals surface area contributed by atoms with E-state index in [1.807, 2.05) is 0 Å². The smallest absolute Gasteiger partial charge is 0.345 e. The first kappa shape index (κ1) is 10.0. The van der Waals surface area contributed by atoms with Gasteiger partial charge in [0, 0.05) is 6.92 Å². The number of carbonyl (C=O) groups is 2. The zero-order valence-electron chi connectivity index (χ0n) is 7.35. The van der Waals surface area contributed by atoms with E-state index in [0.717, 1.165) is 19.1 Å². The van der Waals surface area contributed by atoms with Crippen molar-refractivity contribution in [2.24, 2.45) is 0 Å². The number of phenolic OH excluding ortho intramolecular Hbond substituents is 2. The molecule has 0 heterocycles. The number of esters is 2. The van der Waals surface area contributed by atoms with Gasteiger partial charge in [0.25, 0.3) is 0 Å². The molecule has 0 unspecified atom stereocenters. The van der Waals surface area contributed by atoms with E-state index in [0.29, 0.717) is 0 Å². The van der Waals surface area contributed by atoms with Crippen LogP contribution >= 0.6 is 0 Å². The molecule has 0 atom stereocenters. The molecule has 0 aliphatic heterocycles. The SMILES string of the molecule is CC(=O)OC(=O)c1ccc(O)c(O)c1. The summed E-state index contributed by atoms with van der Waals surface area (Å²) in [6.07, 6.45) is 0. The molecule has 1 aromatic rings. The minimum atomic E-state index is -0.868. The van der Waals surface area contributed by atoms with E-state index in [1.54, 1.807) is 0 Å². The maximum atomic E-state index is 11.1. The van der Waals surface area contributed by atoms with Crippen LogP contribution in [0.3, 0.4) is 0 Å². The van der Waals surface area contributed by atoms with Crippen LogP contribution in [0.2, 0.25) is 0 Å². The number of carbonyl (C=O) groups excluding carboxylic acids is 2. The first-order valence-corrected chi connectivity index (χ1v) is 3.75. The molecule has 5 heteroatoms. The molecule has 0 saturated carbocycles. The first-order chi connectivity index (χ1) is 6.50. The predicted molar refractivity (Wildman–Crippen MR) is 45.9 cm³/mol. The average Bonchev–Trinajstić information content (AvgIpc) is 2.08. The third kappa shape index (κ3) is 2.22. The third-order valence-corrected chi connectivity index (χ3v) is 1.45. The standard InChI is InChI=1S/C9H8O5/c1-5(10)14-9(13)6-2-3-7(11)8(12)4-6/h2-4,11-12H,1H3. The van der Waals surface area contributed by atoms with E-state index in [2.05, 4.69) is 4.74 Å². The Kier molecular flexibility index (Phi) is 2.71. The van der Waals surface area contributed by atoms with Gasteiger partial charge in [-0.05, 0) is 18.2 Å². The topological polar surface area (TPSA) is 83.8 Å². The van der Waals surface area contributed by atoms with Crippen molar-refractivity contribution in [1.82, 2.24) is 0 Å². The van der Waals surface area contributed by atoms with Gasteiger partial charge in [0.1, 0.15) is 0 Å². The number of ether oxygens (including phenoxy) is 1. The number of phenols is 2. The maximum Gasteiger partial charge on any atom is 0.345 e. The van der Waals surface area contributed by atoms with E-state index in [4.69, 9.17) is 10.2 Å². The number of benzene rings is 1. The molecule has 0 aliphatic rings. The van der Waals surface area contributed by atoms with E-state index in [1.165, 1.54) is 6.07 Å². The summed E-state index contributed by atoms with van der Waals surface area (Å²) in [5.41, 5.74) is -0.00417. The minimum Gasteiger partial charge on any atom is -0.504 e. The fraction of sp³-hybridized carbons (Fsp3) is 0.111. The Morgan fingerprint density at radius 2 is 1.86 bits per heavy atom.